The number of carbonyl (C=O) groups is 3. The largest absolute Gasteiger partial charge is 0.351 e. The molecule has 0 saturated heterocycles. The number of rotatable bonds is 8. The Morgan fingerprint density at radius 1 is 1.12 bits per heavy atom. The molecule has 0 saturated carbocycles. The molecule has 0 aromatic heterocycles. The molecule has 0 bridgehead atoms. The van der Waals surface area contributed by atoms with Crippen molar-refractivity contribution in [1.29, 1.82) is 0 Å². The average molecular weight is 352 g/mol. The Bertz CT molecular complexity index is 592. The van der Waals surface area contributed by atoms with Crippen LogP contribution >= 0.6 is 0 Å². The van der Waals surface area contributed by atoms with Gasteiger partial charge in [-0.25, -0.2) is 9.18 Å². The third kappa shape index (κ3) is 7.30. The van der Waals surface area contributed by atoms with Gasteiger partial charge in [0.15, 0.2) is 0 Å². The number of nitrogens with zero attached hydrogens (tertiary/aromatic N) is 1. The minimum atomic E-state index is -0.635. The lowest BCUT2D eigenvalue weighted by Crippen LogP contribution is -2.51. The molecule has 1 rings (SSSR count). The van der Waals surface area contributed by atoms with E-state index in [4.69, 9.17) is 0 Å². The number of carbonyl (C=O) groups excluding carboxylic acids is 3. The first-order valence-electron chi connectivity index (χ1n) is 8.21. The van der Waals surface area contributed by atoms with Crippen molar-refractivity contribution in [2.75, 3.05) is 19.6 Å². The predicted molar refractivity (Wildman–Crippen MR) is 92.2 cm³/mol. The lowest BCUT2D eigenvalue weighted by molar-refractivity contribution is -0.127. The maximum Gasteiger partial charge on any atom is 0.321 e. The zero-order valence-electron chi connectivity index (χ0n) is 14.8. The number of nitrogens with one attached hydrogen (secondary N) is 3. The van der Waals surface area contributed by atoms with Crippen molar-refractivity contribution in [2.45, 2.75) is 33.4 Å². The molecule has 0 heterocycles. The van der Waals surface area contributed by atoms with E-state index in [0.717, 1.165) is 5.56 Å². The molecule has 1 atom stereocenters. The highest BCUT2D eigenvalue weighted by Crippen LogP contribution is 2.03. The second-order valence-corrected chi connectivity index (χ2v) is 5.49. The van der Waals surface area contributed by atoms with Crippen LogP contribution in [0.5, 0.6) is 0 Å². The Balaban J connectivity index is 2.49. The van der Waals surface area contributed by atoms with E-state index in [9.17, 15) is 18.8 Å². The molecule has 0 aliphatic heterocycles. The number of likely N-dealkylation sites (N-methyl/N-ethyl adjacent to an activating group) is 1. The van der Waals surface area contributed by atoms with Gasteiger partial charge in [0, 0.05) is 13.1 Å². The van der Waals surface area contributed by atoms with E-state index in [2.05, 4.69) is 16.0 Å². The summed E-state index contributed by atoms with van der Waals surface area (Å²) in [5.74, 6) is -1.07. The highest BCUT2D eigenvalue weighted by atomic mass is 19.1. The molecule has 25 heavy (non-hydrogen) atoms. The van der Waals surface area contributed by atoms with Crippen LogP contribution in [0.3, 0.4) is 0 Å². The summed E-state index contributed by atoms with van der Waals surface area (Å²) in [7, 11) is 0. The Morgan fingerprint density at radius 2 is 1.76 bits per heavy atom. The monoisotopic (exact) mass is 352 g/mol. The number of hydrogen-bond acceptors (Lipinski definition) is 4. The number of hydrogen-bond donors (Lipinski definition) is 3. The molecule has 0 fully saturated rings. The lowest BCUT2D eigenvalue weighted by Gasteiger charge is -2.26. The van der Waals surface area contributed by atoms with Crippen molar-refractivity contribution < 1.29 is 18.8 Å². The fourth-order valence-corrected chi connectivity index (χ4v) is 2.15. The van der Waals surface area contributed by atoms with E-state index < -0.39 is 18.0 Å². The molecular weight excluding hydrogens is 327 g/mol. The van der Waals surface area contributed by atoms with Crippen LogP contribution in [0.25, 0.3) is 0 Å². The van der Waals surface area contributed by atoms with Gasteiger partial charge in [0.25, 0.3) is 0 Å². The molecule has 1 aromatic carbocycles. The van der Waals surface area contributed by atoms with Gasteiger partial charge in [0.2, 0.25) is 11.8 Å². The first-order chi connectivity index (χ1) is 11.9. The van der Waals surface area contributed by atoms with E-state index >= 15 is 0 Å². The van der Waals surface area contributed by atoms with E-state index in [-0.39, 0.29) is 24.8 Å². The molecule has 0 aliphatic carbocycles. The van der Waals surface area contributed by atoms with E-state index in [1.807, 2.05) is 6.92 Å². The second kappa shape index (κ2) is 10.4. The predicted octanol–water partition coefficient (Wildman–Crippen LogP) is 0.998. The number of benzene rings is 1. The molecule has 3 N–H and O–H groups in total. The van der Waals surface area contributed by atoms with Gasteiger partial charge in [-0.15, -0.1) is 0 Å². The maximum absolute atomic E-state index is 12.8. The third-order valence-electron chi connectivity index (χ3n) is 3.66. The van der Waals surface area contributed by atoms with E-state index in [1.165, 1.54) is 12.1 Å². The third-order valence-corrected chi connectivity index (χ3v) is 3.66. The van der Waals surface area contributed by atoms with Crippen LogP contribution < -0.4 is 16.0 Å². The summed E-state index contributed by atoms with van der Waals surface area (Å²) in [5, 5.41) is 7.43. The van der Waals surface area contributed by atoms with Crippen molar-refractivity contribution >= 4 is 17.8 Å². The SMILES string of the molecule is CCNC(=O)NC(=O)C(C)N(CC)CC(=O)NCc1ccc(F)cc1. The van der Waals surface area contributed by atoms with Crippen molar-refractivity contribution in [3.8, 4) is 0 Å². The molecule has 138 valence electrons. The van der Waals surface area contributed by atoms with Gasteiger partial charge >= 0.3 is 6.03 Å². The van der Waals surface area contributed by atoms with E-state index in [0.29, 0.717) is 13.1 Å². The standard InChI is InChI=1S/C17H25FN4O3/c1-4-19-17(25)21-16(24)12(3)22(5-2)11-15(23)20-10-13-6-8-14(18)9-7-13/h6-9,12H,4-5,10-11H2,1-3H3,(H,20,23)(H2,19,21,24,25). The van der Waals surface area contributed by atoms with Gasteiger partial charge in [-0.1, -0.05) is 19.1 Å². The molecule has 1 unspecified atom stereocenters. The molecule has 0 aliphatic rings. The van der Waals surface area contributed by atoms with Gasteiger partial charge in [0.1, 0.15) is 5.82 Å². The van der Waals surface area contributed by atoms with Crippen LogP contribution in [0.15, 0.2) is 24.3 Å². The highest BCUT2D eigenvalue weighted by molar-refractivity contribution is 5.97. The smallest absolute Gasteiger partial charge is 0.321 e. The molecule has 4 amide bonds. The zero-order valence-corrected chi connectivity index (χ0v) is 14.8. The molecule has 7 nitrogen and oxygen atoms in total. The first-order valence-corrected chi connectivity index (χ1v) is 8.21. The molecule has 1 aromatic rings. The Hall–Kier alpha value is -2.48. The van der Waals surface area contributed by atoms with Gasteiger partial charge in [-0.05, 0) is 38.1 Å². The fourth-order valence-electron chi connectivity index (χ4n) is 2.15. The van der Waals surface area contributed by atoms with E-state index in [1.54, 1.807) is 30.9 Å². The molecule has 8 heteroatoms. The second-order valence-electron chi connectivity index (χ2n) is 5.49. The van der Waals surface area contributed by atoms with Gasteiger partial charge in [-0.2, -0.15) is 0 Å². The van der Waals surface area contributed by atoms with Crippen molar-refractivity contribution in [3.63, 3.8) is 0 Å². The van der Waals surface area contributed by atoms with Crippen LogP contribution in [0.4, 0.5) is 9.18 Å². The van der Waals surface area contributed by atoms with Crippen LogP contribution in [0.2, 0.25) is 0 Å². The Labute approximate surface area is 147 Å². The summed E-state index contributed by atoms with van der Waals surface area (Å²) in [4.78, 5) is 37.2. The maximum atomic E-state index is 12.8. The summed E-state index contributed by atoms with van der Waals surface area (Å²) in [6.07, 6.45) is 0. The van der Waals surface area contributed by atoms with Crippen LogP contribution in [-0.2, 0) is 16.1 Å². The summed E-state index contributed by atoms with van der Waals surface area (Å²) in [6, 6.07) is 4.65. The Morgan fingerprint density at radius 3 is 2.32 bits per heavy atom. The average Bonchev–Trinajstić information content (AvgIpc) is 2.58. The fraction of sp³-hybridized carbons (Fsp3) is 0.471. The van der Waals surface area contributed by atoms with Crippen LogP contribution in [-0.4, -0.2) is 48.4 Å². The normalized spacial score (nSPS) is 11.7. The topological polar surface area (TPSA) is 90.5 Å². The summed E-state index contributed by atoms with van der Waals surface area (Å²) >= 11 is 0. The zero-order chi connectivity index (χ0) is 18.8. The number of amides is 4. The van der Waals surface area contributed by atoms with Crippen molar-refractivity contribution in [1.82, 2.24) is 20.9 Å². The molecule has 0 spiro atoms. The minimum Gasteiger partial charge on any atom is -0.351 e. The van der Waals surface area contributed by atoms with Crippen molar-refractivity contribution in [3.05, 3.63) is 35.6 Å². The first kappa shape index (κ1) is 20.6. The number of imide groups is 1. The minimum absolute atomic E-state index is 0.0156. The van der Waals surface area contributed by atoms with Gasteiger partial charge in [0.05, 0.1) is 12.6 Å². The molecular formula is C17H25FN4O3. The highest BCUT2D eigenvalue weighted by Gasteiger charge is 2.23. The van der Waals surface area contributed by atoms with Crippen molar-refractivity contribution in [2.24, 2.45) is 0 Å². The Kier molecular flexibility index (Phi) is 8.55. The van der Waals surface area contributed by atoms with Crippen LogP contribution in [0, 0.1) is 5.82 Å². The molecule has 0 radical (unpaired) electrons. The summed E-state index contributed by atoms with van der Waals surface area (Å²) in [5.41, 5.74) is 0.778. The quantitative estimate of drug-likeness (QED) is 0.651. The van der Waals surface area contributed by atoms with Gasteiger partial charge < -0.3 is 10.6 Å². The summed E-state index contributed by atoms with van der Waals surface area (Å²) < 4.78 is 12.8. The summed E-state index contributed by atoms with van der Waals surface area (Å²) in [6.45, 7) is 6.37. The van der Waals surface area contributed by atoms with Gasteiger partial charge in [-0.3, -0.25) is 19.8 Å². The van der Waals surface area contributed by atoms with Crippen LogP contribution in [0.1, 0.15) is 26.3 Å². The lowest BCUT2D eigenvalue weighted by atomic mass is 10.2. The number of halogens is 1. The number of urea groups is 1.